The van der Waals surface area contributed by atoms with Crippen LogP contribution < -0.4 is 4.90 Å². The molecule has 1 N–H and O–H groups in total. The van der Waals surface area contributed by atoms with E-state index in [9.17, 15) is 9.90 Å². The summed E-state index contributed by atoms with van der Waals surface area (Å²) in [6, 6.07) is 42.5. The largest absolute Gasteiger partial charge is 0.506 e. The van der Waals surface area contributed by atoms with Gasteiger partial charge in [-0.15, -0.1) is 0 Å². The number of allylic oxidation sites excluding steroid dienone is 5. The molecule has 0 atom stereocenters. The van der Waals surface area contributed by atoms with Crippen molar-refractivity contribution in [2.75, 3.05) is 4.90 Å². The average molecular weight is 1130 g/mol. The number of hydrogen-bond donors (Lipinski definition) is 1. The molecule has 5 aromatic carbocycles. The zero-order chi connectivity index (χ0) is 36.2. The van der Waals surface area contributed by atoms with Gasteiger partial charge >= 0.3 is 0 Å². The zero-order valence-electron chi connectivity index (χ0n) is 28.0. The van der Waals surface area contributed by atoms with Crippen LogP contribution >= 0.6 is 90.4 Å². The molecule has 0 aromatic heterocycles. The number of hydrogen-bond acceptors (Lipinski definition) is 4. The van der Waals surface area contributed by atoms with Crippen LogP contribution in [0.5, 0.6) is 0 Å². The van der Waals surface area contributed by atoms with E-state index in [4.69, 9.17) is 0 Å². The molecular weight excluding hydrogens is 1100 g/mol. The molecule has 0 spiro atoms. The summed E-state index contributed by atoms with van der Waals surface area (Å²) < 4.78 is 4.84. The van der Waals surface area contributed by atoms with Crippen LogP contribution in [0, 0.1) is 14.3 Å². The van der Waals surface area contributed by atoms with E-state index >= 15 is 0 Å². The van der Waals surface area contributed by atoms with Crippen molar-refractivity contribution in [1.82, 2.24) is 4.90 Å². The van der Waals surface area contributed by atoms with E-state index in [0.29, 0.717) is 11.1 Å². The van der Waals surface area contributed by atoms with Crippen LogP contribution in [0.15, 0.2) is 163 Å². The molecule has 0 bridgehead atoms. The zero-order valence-corrected chi connectivity index (χ0v) is 36.7. The molecule has 5 aromatic rings. The maximum absolute atomic E-state index is 13.6. The number of ketones is 1. The van der Waals surface area contributed by atoms with Gasteiger partial charge in [0.25, 0.3) is 0 Å². The predicted octanol–water partition coefficient (Wildman–Crippen LogP) is 11.7. The van der Waals surface area contributed by atoms with Gasteiger partial charge in [-0.1, -0.05) is 85.0 Å². The Morgan fingerprint density at radius 1 is 0.500 bits per heavy atom. The molecule has 4 nitrogen and oxygen atoms in total. The monoisotopic (exact) mass is 1130 g/mol. The Morgan fingerprint density at radius 2 is 0.885 bits per heavy atom. The molecular formula is C44H34I4N2O2. The lowest BCUT2D eigenvalue weighted by Gasteiger charge is -2.30. The first-order chi connectivity index (χ1) is 25.2. The minimum Gasteiger partial charge on any atom is -0.506 e. The fourth-order valence-electron chi connectivity index (χ4n) is 6.49. The van der Waals surface area contributed by atoms with E-state index in [2.05, 4.69) is 209 Å². The van der Waals surface area contributed by atoms with E-state index in [-0.39, 0.29) is 17.6 Å². The van der Waals surface area contributed by atoms with Crippen LogP contribution in [-0.2, 0) is 31.0 Å². The van der Waals surface area contributed by atoms with Crippen LogP contribution in [0.1, 0.15) is 27.8 Å². The van der Waals surface area contributed by atoms with Gasteiger partial charge in [-0.05, 0) is 184 Å². The number of carbonyl (C=O) groups excluding carboxylic acids is 1. The van der Waals surface area contributed by atoms with Gasteiger partial charge in [0.1, 0.15) is 5.76 Å². The number of Topliss-reactive ketones (excluding diaryl/α,β-unsaturated/α-hetero) is 1. The number of benzene rings is 5. The van der Waals surface area contributed by atoms with Crippen molar-refractivity contribution in [1.29, 1.82) is 0 Å². The van der Waals surface area contributed by atoms with E-state index < -0.39 is 0 Å². The first-order valence-corrected chi connectivity index (χ1v) is 21.2. The van der Waals surface area contributed by atoms with Gasteiger partial charge in [-0.25, -0.2) is 0 Å². The molecule has 7 rings (SSSR count). The normalized spacial score (nSPS) is 15.4. The number of rotatable bonds is 11. The molecule has 0 fully saturated rings. The lowest BCUT2D eigenvalue weighted by Crippen LogP contribution is -2.32. The third kappa shape index (κ3) is 9.11. The first-order valence-electron chi connectivity index (χ1n) is 16.9. The Kier molecular flexibility index (Phi) is 12.4. The number of aliphatic hydroxyl groups is 1. The highest BCUT2D eigenvalue weighted by atomic mass is 127. The molecule has 0 radical (unpaired) electrons. The van der Waals surface area contributed by atoms with Gasteiger partial charge in [0.05, 0.1) is 11.1 Å². The number of carbonyl (C=O) groups is 1. The SMILES string of the molecule is O=C1C(=C2C=CC(N(Cc3ccc(I)cc3)Cc3ccc(I)cc3)C=C2)C(O)=C1c1ccc(N(Cc2ccc(I)cc2)Cc2ccc(I)cc2)cc1. The highest BCUT2D eigenvalue weighted by molar-refractivity contribution is 14.1. The number of nitrogens with zero attached hydrogens (tertiary/aromatic N) is 2. The third-order valence-corrected chi connectivity index (χ3v) is 12.2. The molecule has 260 valence electrons. The van der Waals surface area contributed by atoms with Crippen molar-refractivity contribution in [2.24, 2.45) is 0 Å². The maximum Gasteiger partial charge on any atom is 0.201 e. The fourth-order valence-corrected chi connectivity index (χ4v) is 7.92. The number of aliphatic hydroxyl groups excluding tert-OH is 1. The lowest BCUT2D eigenvalue weighted by molar-refractivity contribution is -0.111. The summed E-state index contributed by atoms with van der Waals surface area (Å²) in [5.74, 6) is -0.0676. The summed E-state index contributed by atoms with van der Waals surface area (Å²) in [6.45, 7) is 3.06. The Bertz CT molecular complexity index is 2080. The smallest absolute Gasteiger partial charge is 0.201 e. The van der Waals surface area contributed by atoms with Crippen LogP contribution in [0.2, 0.25) is 0 Å². The summed E-state index contributed by atoms with van der Waals surface area (Å²) in [5, 5.41) is 11.3. The van der Waals surface area contributed by atoms with Gasteiger partial charge in [0.15, 0.2) is 0 Å². The van der Waals surface area contributed by atoms with Crippen molar-refractivity contribution in [2.45, 2.75) is 32.2 Å². The standard InChI is InChI=1S/C44H34I4N2O2/c45-35-13-1-29(2-14-35)25-49(26-30-3-15-36(46)16-4-30)39-21-9-33(10-22-39)41-43(51)42(44(41)52)34-11-23-40(24-12-34)50(27-31-5-17-37(47)18-6-31)28-32-7-19-38(48)20-8-32/h1-24,39,51H,25-28H2. The minimum atomic E-state index is -0.128. The molecule has 0 aliphatic heterocycles. The molecule has 0 unspecified atom stereocenters. The summed E-state index contributed by atoms with van der Waals surface area (Å²) in [4.78, 5) is 18.4. The Morgan fingerprint density at radius 3 is 1.27 bits per heavy atom. The second kappa shape index (κ2) is 17.1. The summed E-state index contributed by atoms with van der Waals surface area (Å²) >= 11 is 9.34. The molecule has 0 amide bonds. The Labute approximate surface area is 360 Å². The van der Waals surface area contributed by atoms with E-state index in [0.717, 1.165) is 43.0 Å². The quantitative estimate of drug-likeness (QED) is 0.106. The van der Waals surface area contributed by atoms with Gasteiger partial charge in [0, 0.05) is 52.2 Å². The first kappa shape index (κ1) is 37.5. The Hall–Kier alpha value is -2.79. The summed E-state index contributed by atoms with van der Waals surface area (Å²) in [6.07, 6.45) is 8.22. The highest BCUT2D eigenvalue weighted by Gasteiger charge is 2.36. The second-order valence-corrected chi connectivity index (χ2v) is 17.9. The van der Waals surface area contributed by atoms with Gasteiger partial charge in [-0.3, -0.25) is 9.69 Å². The maximum atomic E-state index is 13.6. The van der Waals surface area contributed by atoms with Crippen molar-refractivity contribution < 1.29 is 9.90 Å². The van der Waals surface area contributed by atoms with Crippen LogP contribution in [0.25, 0.3) is 5.57 Å². The van der Waals surface area contributed by atoms with Crippen molar-refractivity contribution >= 4 is 107 Å². The second-order valence-electron chi connectivity index (χ2n) is 12.9. The number of anilines is 1. The average Bonchev–Trinajstić information content (AvgIpc) is 3.15. The Balaban J connectivity index is 1.10. The van der Waals surface area contributed by atoms with Crippen LogP contribution in [0.4, 0.5) is 5.69 Å². The van der Waals surface area contributed by atoms with Gasteiger partial charge in [-0.2, -0.15) is 0 Å². The lowest BCUT2D eigenvalue weighted by atomic mass is 9.80. The summed E-state index contributed by atoms with van der Waals surface area (Å²) in [7, 11) is 0. The van der Waals surface area contributed by atoms with Crippen molar-refractivity contribution in [3.8, 4) is 0 Å². The topological polar surface area (TPSA) is 43.8 Å². The van der Waals surface area contributed by atoms with Crippen molar-refractivity contribution in [3.05, 3.63) is 205 Å². The van der Waals surface area contributed by atoms with Crippen molar-refractivity contribution in [3.63, 3.8) is 0 Å². The predicted molar refractivity (Wildman–Crippen MR) is 246 cm³/mol. The molecule has 8 heteroatoms. The minimum absolute atomic E-state index is 0.0400. The molecule has 2 aliphatic rings. The van der Waals surface area contributed by atoms with E-state index in [1.54, 1.807) is 0 Å². The fraction of sp³-hybridized carbons (Fsp3) is 0.114. The molecule has 0 saturated carbocycles. The van der Waals surface area contributed by atoms with Gasteiger partial charge in [0.2, 0.25) is 5.78 Å². The van der Waals surface area contributed by atoms with Crippen LogP contribution in [-0.4, -0.2) is 21.8 Å². The van der Waals surface area contributed by atoms with E-state index in [1.807, 2.05) is 36.4 Å². The molecule has 0 saturated heterocycles. The molecule has 0 heterocycles. The number of halogens is 4. The van der Waals surface area contributed by atoms with Gasteiger partial charge < -0.3 is 10.0 Å². The summed E-state index contributed by atoms with van der Waals surface area (Å²) in [5.41, 5.74) is 8.21. The van der Waals surface area contributed by atoms with E-state index in [1.165, 1.54) is 36.5 Å². The molecule has 52 heavy (non-hydrogen) atoms. The highest BCUT2D eigenvalue weighted by Crippen LogP contribution is 2.40. The molecule has 2 aliphatic carbocycles. The van der Waals surface area contributed by atoms with Crippen LogP contribution in [0.3, 0.4) is 0 Å². The third-order valence-electron chi connectivity index (χ3n) is 9.28.